The molecule has 0 bridgehead atoms. The van der Waals surface area contributed by atoms with Crippen molar-refractivity contribution in [1.82, 2.24) is 5.32 Å². The zero-order valence-corrected chi connectivity index (χ0v) is 13.2. The number of carbonyl (C=O) groups excluding carboxylic acids is 1. The van der Waals surface area contributed by atoms with Crippen molar-refractivity contribution in [2.75, 3.05) is 13.1 Å². The predicted octanol–water partition coefficient (Wildman–Crippen LogP) is 3.47. The fraction of sp³-hybridized carbons (Fsp3) is 0.938. The van der Waals surface area contributed by atoms with Crippen molar-refractivity contribution in [3.8, 4) is 0 Å². The second kappa shape index (κ2) is 12.5. The van der Waals surface area contributed by atoms with E-state index in [9.17, 15) is 4.79 Å². The average molecular weight is 270 g/mol. The van der Waals surface area contributed by atoms with Crippen LogP contribution in [0.4, 0.5) is 0 Å². The van der Waals surface area contributed by atoms with Gasteiger partial charge in [-0.15, -0.1) is 0 Å². The van der Waals surface area contributed by atoms with Gasteiger partial charge in [-0.25, -0.2) is 0 Å². The molecule has 0 saturated carbocycles. The first-order chi connectivity index (χ1) is 9.10. The van der Waals surface area contributed by atoms with Gasteiger partial charge < -0.3 is 11.1 Å². The third-order valence-electron chi connectivity index (χ3n) is 3.46. The molecule has 0 rings (SSSR count). The van der Waals surface area contributed by atoms with E-state index in [0.29, 0.717) is 24.8 Å². The number of carbonyl (C=O) groups is 1. The van der Waals surface area contributed by atoms with Crippen molar-refractivity contribution in [3.63, 3.8) is 0 Å². The number of hydrogen-bond acceptors (Lipinski definition) is 2. The van der Waals surface area contributed by atoms with E-state index in [2.05, 4.69) is 26.1 Å². The molecular formula is C16H34N2O. The maximum Gasteiger partial charge on any atom is 0.220 e. The predicted molar refractivity (Wildman–Crippen MR) is 83.0 cm³/mol. The maximum atomic E-state index is 11.8. The van der Waals surface area contributed by atoms with Gasteiger partial charge in [0.2, 0.25) is 5.91 Å². The number of nitrogens with one attached hydrogen (secondary N) is 1. The highest BCUT2D eigenvalue weighted by Crippen LogP contribution is 2.14. The van der Waals surface area contributed by atoms with Gasteiger partial charge in [0.1, 0.15) is 0 Å². The van der Waals surface area contributed by atoms with E-state index >= 15 is 0 Å². The molecule has 1 atom stereocenters. The van der Waals surface area contributed by atoms with Crippen LogP contribution in [-0.4, -0.2) is 19.0 Å². The third kappa shape index (κ3) is 12.2. The minimum absolute atomic E-state index is 0.171. The van der Waals surface area contributed by atoms with Crippen molar-refractivity contribution in [1.29, 1.82) is 0 Å². The Hall–Kier alpha value is -0.570. The number of nitrogens with two attached hydrogens (primary N) is 1. The summed E-state index contributed by atoms with van der Waals surface area (Å²) in [4.78, 5) is 11.8. The molecule has 3 N–H and O–H groups in total. The van der Waals surface area contributed by atoms with E-state index in [0.717, 1.165) is 19.4 Å². The Morgan fingerprint density at radius 2 is 1.74 bits per heavy atom. The lowest BCUT2D eigenvalue weighted by Crippen LogP contribution is -2.29. The van der Waals surface area contributed by atoms with E-state index in [1.807, 2.05) is 0 Å². The Bertz CT molecular complexity index is 217. The van der Waals surface area contributed by atoms with Gasteiger partial charge in [-0.2, -0.15) is 0 Å². The summed E-state index contributed by atoms with van der Waals surface area (Å²) in [6, 6.07) is 0. The zero-order valence-electron chi connectivity index (χ0n) is 13.2. The van der Waals surface area contributed by atoms with Gasteiger partial charge >= 0.3 is 0 Å². The van der Waals surface area contributed by atoms with Crippen molar-refractivity contribution in [2.45, 2.75) is 72.1 Å². The number of hydrogen-bond donors (Lipinski definition) is 2. The lowest BCUT2D eigenvalue weighted by atomic mass is 9.94. The molecule has 0 aliphatic rings. The zero-order chi connectivity index (χ0) is 14.5. The molecule has 0 fully saturated rings. The van der Waals surface area contributed by atoms with E-state index in [-0.39, 0.29) is 5.91 Å². The molecule has 0 spiro atoms. The topological polar surface area (TPSA) is 55.1 Å². The van der Waals surface area contributed by atoms with Crippen LogP contribution in [0.5, 0.6) is 0 Å². The Morgan fingerprint density at radius 1 is 1.11 bits per heavy atom. The normalized spacial score (nSPS) is 12.7. The van der Waals surface area contributed by atoms with Gasteiger partial charge in [0.05, 0.1) is 0 Å². The molecule has 19 heavy (non-hydrogen) atoms. The highest BCUT2D eigenvalue weighted by atomic mass is 16.1. The Morgan fingerprint density at radius 3 is 2.32 bits per heavy atom. The van der Waals surface area contributed by atoms with E-state index in [1.165, 1.54) is 32.1 Å². The van der Waals surface area contributed by atoms with Gasteiger partial charge in [0, 0.05) is 13.0 Å². The Balaban J connectivity index is 3.52. The molecule has 0 aliphatic heterocycles. The molecule has 0 aromatic rings. The Kier molecular flexibility index (Phi) is 12.1. The molecule has 1 unspecified atom stereocenters. The molecule has 0 heterocycles. The molecule has 3 heteroatoms. The largest absolute Gasteiger partial charge is 0.356 e. The summed E-state index contributed by atoms with van der Waals surface area (Å²) < 4.78 is 0. The lowest BCUT2D eigenvalue weighted by molar-refractivity contribution is -0.122. The van der Waals surface area contributed by atoms with Crippen LogP contribution in [-0.2, 0) is 4.79 Å². The van der Waals surface area contributed by atoms with Crippen LogP contribution in [0.15, 0.2) is 0 Å². The first-order valence-electron chi connectivity index (χ1n) is 8.06. The fourth-order valence-electron chi connectivity index (χ4n) is 2.40. The van der Waals surface area contributed by atoms with Crippen LogP contribution in [0.1, 0.15) is 72.1 Å². The van der Waals surface area contributed by atoms with Crippen molar-refractivity contribution >= 4 is 5.91 Å². The number of amides is 1. The molecule has 1 amide bonds. The third-order valence-corrected chi connectivity index (χ3v) is 3.46. The van der Waals surface area contributed by atoms with Gasteiger partial charge in [-0.05, 0) is 31.2 Å². The van der Waals surface area contributed by atoms with Crippen LogP contribution in [0.25, 0.3) is 0 Å². The summed E-state index contributed by atoms with van der Waals surface area (Å²) >= 11 is 0. The monoisotopic (exact) mass is 270 g/mol. The van der Waals surface area contributed by atoms with Gasteiger partial charge in [0.25, 0.3) is 0 Å². The van der Waals surface area contributed by atoms with Crippen molar-refractivity contribution < 1.29 is 4.79 Å². The molecule has 0 aliphatic carbocycles. The smallest absolute Gasteiger partial charge is 0.220 e. The summed E-state index contributed by atoms with van der Waals surface area (Å²) in [5.74, 6) is 1.12. The van der Waals surface area contributed by atoms with Crippen LogP contribution in [0.2, 0.25) is 0 Å². The molecule has 0 radical (unpaired) electrons. The summed E-state index contributed by atoms with van der Waals surface area (Å²) in [5.41, 5.74) is 5.71. The highest BCUT2D eigenvalue weighted by Gasteiger charge is 2.13. The molecule has 3 nitrogen and oxygen atoms in total. The summed E-state index contributed by atoms with van der Waals surface area (Å²) in [6.07, 6.45) is 9.20. The highest BCUT2D eigenvalue weighted by molar-refractivity contribution is 5.76. The minimum atomic E-state index is 0.171. The van der Waals surface area contributed by atoms with E-state index in [4.69, 9.17) is 5.73 Å². The van der Waals surface area contributed by atoms with Crippen LogP contribution >= 0.6 is 0 Å². The standard InChI is InChI=1S/C16H34N2O/c1-4-5-6-7-8-9-10-18-16(19)12-15(13-17)11-14(2)3/h14-15H,4-13,17H2,1-3H3,(H,18,19). The van der Waals surface area contributed by atoms with Crippen molar-refractivity contribution in [3.05, 3.63) is 0 Å². The lowest BCUT2D eigenvalue weighted by Gasteiger charge is -2.16. The van der Waals surface area contributed by atoms with Crippen molar-refractivity contribution in [2.24, 2.45) is 17.6 Å². The Labute approximate surface area is 119 Å². The number of unbranched alkanes of at least 4 members (excludes halogenated alkanes) is 5. The van der Waals surface area contributed by atoms with Crippen LogP contribution in [0, 0.1) is 11.8 Å². The van der Waals surface area contributed by atoms with Crippen LogP contribution < -0.4 is 11.1 Å². The summed E-state index contributed by atoms with van der Waals surface area (Å²) in [5, 5.41) is 3.02. The van der Waals surface area contributed by atoms with Crippen LogP contribution in [0.3, 0.4) is 0 Å². The van der Waals surface area contributed by atoms with E-state index < -0.39 is 0 Å². The summed E-state index contributed by atoms with van der Waals surface area (Å²) in [6.45, 7) is 8.02. The second-order valence-corrected chi connectivity index (χ2v) is 6.05. The quantitative estimate of drug-likeness (QED) is 0.533. The number of rotatable bonds is 12. The molecule has 0 saturated heterocycles. The average Bonchev–Trinajstić information content (AvgIpc) is 2.36. The van der Waals surface area contributed by atoms with Gasteiger partial charge in [0.15, 0.2) is 0 Å². The first kappa shape index (κ1) is 18.4. The molecule has 0 aromatic carbocycles. The van der Waals surface area contributed by atoms with E-state index in [1.54, 1.807) is 0 Å². The van der Waals surface area contributed by atoms with Gasteiger partial charge in [-0.3, -0.25) is 4.79 Å². The summed E-state index contributed by atoms with van der Waals surface area (Å²) in [7, 11) is 0. The molecule has 114 valence electrons. The first-order valence-corrected chi connectivity index (χ1v) is 8.06. The SMILES string of the molecule is CCCCCCCCNC(=O)CC(CN)CC(C)C. The maximum absolute atomic E-state index is 11.8. The molecular weight excluding hydrogens is 236 g/mol. The second-order valence-electron chi connectivity index (χ2n) is 6.05. The minimum Gasteiger partial charge on any atom is -0.356 e. The molecule has 0 aromatic heterocycles. The van der Waals surface area contributed by atoms with Gasteiger partial charge in [-0.1, -0.05) is 52.9 Å². The fourth-order valence-corrected chi connectivity index (χ4v) is 2.40.